The monoisotopic (exact) mass is 282 g/mol. The Morgan fingerprint density at radius 3 is 2.73 bits per heavy atom. The molecule has 5 heteroatoms. The van der Waals surface area contributed by atoms with E-state index < -0.39 is 0 Å². The molecular weight excluding hydrogens is 264 g/mol. The molecule has 1 unspecified atom stereocenters. The fourth-order valence-corrected chi connectivity index (χ4v) is 1.58. The third kappa shape index (κ3) is 7.76. The third-order valence-electron chi connectivity index (χ3n) is 2.08. The number of carbonyl (C=O) groups excluding carboxylic acids is 1. The second kappa shape index (κ2) is 10.4. The highest BCUT2D eigenvalue weighted by molar-refractivity contribution is 9.09. The van der Waals surface area contributed by atoms with Gasteiger partial charge in [0.15, 0.2) is 0 Å². The van der Waals surface area contributed by atoms with Gasteiger partial charge in [0.25, 0.3) is 0 Å². The largest absolute Gasteiger partial charge is 0.394 e. The van der Waals surface area contributed by atoms with Crippen LogP contribution in [0.5, 0.6) is 0 Å². The number of aliphatic hydroxyl groups excluding tert-OH is 1. The molecule has 15 heavy (non-hydrogen) atoms. The van der Waals surface area contributed by atoms with Crippen LogP contribution < -0.4 is 0 Å². The highest BCUT2D eigenvalue weighted by Crippen LogP contribution is 2.15. The molecule has 0 aliphatic carbocycles. The van der Waals surface area contributed by atoms with E-state index in [1.54, 1.807) is 0 Å². The summed E-state index contributed by atoms with van der Waals surface area (Å²) in [6.07, 6.45) is 3.63. The first kappa shape index (κ1) is 14.9. The lowest BCUT2D eigenvalue weighted by atomic mass is 10.00. The highest BCUT2D eigenvalue weighted by atomic mass is 79.9. The van der Waals surface area contributed by atoms with Crippen molar-refractivity contribution in [1.82, 2.24) is 0 Å². The molecule has 1 atom stereocenters. The number of hydrogen-bond donors (Lipinski definition) is 1. The van der Waals surface area contributed by atoms with E-state index in [4.69, 9.17) is 5.11 Å². The summed E-state index contributed by atoms with van der Waals surface area (Å²) in [5.41, 5.74) is 0. The molecule has 0 aromatic heterocycles. The van der Waals surface area contributed by atoms with Gasteiger partial charge in [-0.2, -0.15) is 4.89 Å². The number of rotatable bonds is 9. The zero-order valence-corrected chi connectivity index (χ0v) is 10.7. The Morgan fingerprint density at radius 1 is 1.47 bits per heavy atom. The summed E-state index contributed by atoms with van der Waals surface area (Å²) in [5, 5.41) is 9.38. The smallest absolute Gasteiger partial charge is 0.345 e. The molecule has 0 radical (unpaired) electrons. The van der Waals surface area contributed by atoms with E-state index in [1.807, 2.05) is 6.92 Å². The molecule has 0 aromatic carbocycles. The van der Waals surface area contributed by atoms with Gasteiger partial charge in [-0.1, -0.05) is 29.3 Å². The van der Waals surface area contributed by atoms with Gasteiger partial charge in [0, 0.05) is 5.33 Å². The number of alkyl halides is 1. The Labute approximate surface area is 99.0 Å². The fourth-order valence-electron chi connectivity index (χ4n) is 1.18. The van der Waals surface area contributed by atoms with Crippen LogP contribution in [0.1, 0.15) is 32.6 Å². The molecule has 4 nitrogen and oxygen atoms in total. The molecule has 0 bridgehead atoms. The molecule has 0 amide bonds. The number of unbranched alkanes of at least 4 members (excludes halogenated alkanes) is 1. The van der Waals surface area contributed by atoms with Crippen LogP contribution in [-0.4, -0.2) is 29.6 Å². The van der Waals surface area contributed by atoms with E-state index >= 15 is 0 Å². The maximum Gasteiger partial charge on any atom is 0.345 e. The summed E-state index contributed by atoms with van der Waals surface area (Å²) >= 11 is 3.34. The van der Waals surface area contributed by atoms with E-state index in [0.29, 0.717) is 0 Å². The summed E-state index contributed by atoms with van der Waals surface area (Å²) in [5.74, 6) is -0.428. The van der Waals surface area contributed by atoms with Crippen molar-refractivity contribution in [2.75, 3.05) is 18.5 Å². The zero-order valence-electron chi connectivity index (χ0n) is 9.08. The van der Waals surface area contributed by atoms with Gasteiger partial charge in [-0.3, -0.25) is 4.89 Å². The van der Waals surface area contributed by atoms with Gasteiger partial charge < -0.3 is 5.11 Å². The Kier molecular flexibility index (Phi) is 10.3. The van der Waals surface area contributed by atoms with Crippen molar-refractivity contribution in [1.29, 1.82) is 0 Å². The number of aliphatic hydroxyl groups is 1. The first-order valence-corrected chi connectivity index (χ1v) is 6.38. The van der Waals surface area contributed by atoms with Gasteiger partial charge in [0.05, 0.1) is 12.5 Å². The SMILES string of the molecule is CCC(CCCCBr)C(=O)OOCCO. The molecule has 0 saturated heterocycles. The molecule has 0 saturated carbocycles. The number of carbonyl (C=O) groups is 1. The summed E-state index contributed by atoms with van der Waals surface area (Å²) < 4.78 is 0. The van der Waals surface area contributed by atoms with Crippen molar-refractivity contribution < 1.29 is 19.7 Å². The standard InChI is InChI=1S/C10H19BrO4/c1-2-9(5-3-4-6-11)10(13)15-14-8-7-12/h9,12H,2-8H2,1H3. The van der Waals surface area contributed by atoms with Gasteiger partial charge in [0.1, 0.15) is 6.61 Å². The normalized spacial score (nSPS) is 12.5. The summed E-state index contributed by atoms with van der Waals surface area (Å²) in [4.78, 5) is 20.5. The molecule has 0 spiro atoms. The predicted molar refractivity (Wildman–Crippen MR) is 60.6 cm³/mol. The Bertz CT molecular complexity index is 164. The Hall–Kier alpha value is -0.130. The predicted octanol–water partition coefficient (Wildman–Crippen LogP) is 2.04. The van der Waals surface area contributed by atoms with Crippen molar-refractivity contribution in [2.24, 2.45) is 5.92 Å². The Balaban J connectivity index is 3.67. The van der Waals surface area contributed by atoms with Crippen molar-refractivity contribution in [3.05, 3.63) is 0 Å². The van der Waals surface area contributed by atoms with Crippen LogP contribution in [0.2, 0.25) is 0 Å². The average molecular weight is 283 g/mol. The third-order valence-corrected chi connectivity index (χ3v) is 2.64. The second-order valence-electron chi connectivity index (χ2n) is 3.24. The summed E-state index contributed by atoms with van der Waals surface area (Å²) in [6.45, 7) is 1.84. The number of halogens is 1. The molecular formula is C10H19BrO4. The first-order chi connectivity index (χ1) is 7.26. The van der Waals surface area contributed by atoms with E-state index in [0.717, 1.165) is 31.0 Å². The van der Waals surface area contributed by atoms with E-state index in [1.165, 1.54) is 0 Å². The van der Waals surface area contributed by atoms with Gasteiger partial charge in [-0.05, 0) is 19.3 Å². The molecule has 0 rings (SSSR count). The van der Waals surface area contributed by atoms with Crippen molar-refractivity contribution in [2.45, 2.75) is 32.6 Å². The zero-order chi connectivity index (χ0) is 11.5. The minimum atomic E-state index is -0.333. The van der Waals surface area contributed by atoms with Crippen molar-refractivity contribution in [3.63, 3.8) is 0 Å². The first-order valence-electron chi connectivity index (χ1n) is 5.26. The number of hydrogen-bond acceptors (Lipinski definition) is 4. The summed E-state index contributed by atoms with van der Waals surface area (Å²) in [7, 11) is 0. The molecule has 90 valence electrons. The molecule has 0 fully saturated rings. The second-order valence-corrected chi connectivity index (χ2v) is 4.03. The molecule has 0 aromatic rings. The van der Waals surface area contributed by atoms with Crippen LogP contribution in [0.4, 0.5) is 0 Å². The van der Waals surface area contributed by atoms with Gasteiger partial charge >= 0.3 is 5.97 Å². The highest BCUT2D eigenvalue weighted by Gasteiger charge is 2.18. The lowest BCUT2D eigenvalue weighted by Gasteiger charge is -2.11. The minimum Gasteiger partial charge on any atom is -0.394 e. The van der Waals surface area contributed by atoms with Gasteiger partial charge in [-0.25, -0.2) is 4.79 Å². The molecule has 0 heterocycles. The van der Waals surface area contributed by atoms with Crippen molar-refractivity contribution >= 4 is 21.9 Å². The molecule has 0 aliphatic rings. The van der Waals surface area contributed by atoms with Crippen LogP contribution in [0.15, 0.2) is 0 Å². The quantitative estimate of drug-likeness (QED) is 0.304. The van der Waals surface area contributed by atoms with Crippen LogP contribution >= 0.6 is 15.9 Å². The van der Waals surface area contributed by atoms with Crippen molar-refractivity contribution in [3.8, 4) is 0 Å². The topological polar surface area (TPSA) is 55.8 Å². The van der Waals surface area contributed by atoms with Gasteiger partial charge in [-0.15, -0.1) is 0 Å². The van der Waals surface area contributed by atoms with Crippen LogP contribution in [-0.2, 0) is 14.6 Å². The van der Waals surface area contributed by atoms with Crippen LogP contribution in [0.25, 0.3) is 0 Å². The minimum absolute atomic E-state index is 0.0313. The Morgan fingerprint density at radius 2 is 2.20 bits per heavy atom. The van der Waals surface area contributed by atoms with E-state index in [9.17, 15) is 4.79 Å². The molecule has 0 aliphatic heterocycles. The molecule has 1 N–H and O–H groups in total. The maximum atomic E-state index is 11.4. The maximum absolute atomic E-state index is 11.4. The van der Waals surface area contributed by atoms with Gasteiger partial charge in [0.2, 0.25) is 0 Å². The fraction of sp³-hybridized carbons (Fsp3) is 0.900. The van der Waals surface area contributed by atoms with E-state index in [-0.39, 0.29) is 25.1 Å². The van der Waals surface area contributed by atoms with Crippen LogP contribution in [0.3, 0.4) is 0 Å². The van der Waals surface area contributed by atoms with E-state index in [2.05, 4.69) is 25.7 Å². The lowest BCUT2D eigenvalue weighted by molar-refractivity contribution is -0.279. The van der Waals surface area contributed by atoms with Crippen LogP contribution in [0, 0.1) is 5.92 Å². The summed E-state index contributed by atoms with van der Waals surface area (Å²) in [6, 6.07) is 0. The average Bonchev–Trinajstić information content (AvgIpc) is 2.24. The lowest BCUT2D eigenvalue weighted by Crippen LogP contribution is -2.18.